The predicted octanol–water partition coefficient (Wildman–Crippen LogP) is 2.52. The Morgan fingerprint density at radius 2 is 2.32 bits per heavy atom. The molecule has 0 bridgehead atoms. The van der Waals surface area contributed by atoms with E-state index in [1.165, 1.54) is 6.07 Å². The van der Waals surface area contributed by atoms with Crippen LogP contribution in [0.15, 0.2) is 35.1 Å². The molecule has 0 saturated carbocycles. The maximum atomic E-state index is 13.7. The van der Waals surface area contributed by atoms with Gasteiger partial charge in [-0.1, -0.05) is 6.07 Å². The highest BCUT2D eigenvalue weighted by Crippen LogP contribution is 2.18. The van der Waals surface area contributed by atoms with E-state index in [-0.39, 0.29) is 10.0 Å². The number of aromatic nitrogens is 2. The van der Waals surface area contributed by atoms with Crippen molar-refractivity contribution in [3.05, 3.63) is 52.0 Å². The number of amides is 1. The minimum Gasteiger partial charge on any atom is -0.350 e. The minimum atomic E-state index is -0.546. The normalized spacial score (nSPS) is 10.5. The van der Waals surface area contributed by atoms with Gasteiger partial charge in [0.25, 0.3) is 5.91 Å². The molecule has 2 aromatic rings. The number of nitrogens with one attached hydrogen (secondary N) is 1. The van der Waals surface area contributed by atoms with E-state index in [9.17, 15) is 9.18 Å². The molecule has 0 saturated heterocycles. The molecule has 0 fully saturated rings. The Morgan fingerprint density at radius 3 is 3.00 bits per heavy atom. The molecule has 6 heteroatoms. The van der Waals surface area contributed by atoms with Crippen LogP contribution in [0.5, 0.6) is 0 Å². The molecule has 0 aliphatic carbocycles. The molecule has 1 aromatic carbocycles. The lowest BCUT2D eigenvalue weighted by atomic mass is 10.2. The first-order valence-corrected chi connectivity index (χ1v) is 6.58. The van der Waals surface area contributed by atoms with E-state index < -0.39 is 11.7 Å². The summed E-state index contributed by atoms with van der Waals surface area (Å²) < 4.78 is 15.7. The van der Waals surface area contributed by atoms with Crippen molar-refractivity contribution in [1.82, 2.24) is 15.1 Å². The van der Waals surface area contributed by atoms with Crippen LogP contribution in [0.2, 0.25) is 0 Å². The molecule has 4 nitrogen and oxygen atoms in total. The van der Waals surface area contributed by atoms with Crippen molar-refractivity contribution < 1.29 is 9.18 Å². The van der Waals surface area contributed by atoms with Crippen molar-refractivity contribution in [3.63, 3.8) is 0 Å². The summed E-state index contributed by atoms with van der Waals surface area (Å²) in [6.45, 7) is 2.89. The smallest absolute Gasteiger partial charge is 0.254 e. The van der Waals surface area contributed by atoms with Crippen LogP contribution < -0.4 is 5.32 Å². The monoisotopic (exact) mass is 325 g/mol. The van der Waals surface area contributed by atoms with Crippen LogP contribution >= 0.6 is 15.9 Å². The number of benzene rings is 1. The molecule has 1 N–H and O–H groups in total. The summed E-state index contributed by atoms with van der Waals surface area (Å²) in [5.74, 6) is -0.974. The molecule has 0 aliphatic rings. The zero-order valence-corrected chi connectivity index (χ0v) is 11.9. The molecule has 1 amide bonds. The molecule has 0 radical (unpaired) electrons. The van der Waals surface area contributed by atoms with E-state index in [1.807, 2.05) is 13.1 Å². The van der Waals surface area contributed by atoms with Gasteiger partial charge in [0.15, 0.2) is 0 Å². The highest BCUT2D eigenvalue weighted by Gasteiger charge is 2.13. The fourth-order valence-electron chi connectivity index (χ4n) is 1.65. The quantitative estimate of drug-likeness (QED) is 0.938. The van der Waals surface area contributed by atoms with Crippen LogP contribution in [0.3, 0.4) is 0 Å². The number of halogens is 2. The molecule has 0 aliphatic heterocycles. The van der Waals surface area contributed by atoms with Crippen LogP contribution in [-0.2, 0) is 6.54 Å². The largest absolute Gasteiger partial charge is 0.350 e. The third-order valence-corrected chi connectivity index (χ3v) is 3.20. The number of aryl methyl sites for hydroxylation is 1. The molecule has 0 atom stereocenters. The van der Waals surface area contributed by atoms with E-state index in [2.05, 4.69) is 26.3 Å². The van der Waals surface area contributed by atoms with Crippen molar-refractivity contribution in [1.29, 1.82) is 0 Å². The Bertz CT molecular complexity index is 597. The van der Waals surface area contributed by atoms with Crippen molar-refractivity contribution in [3.8, 4) is 0 Å². The van der Waals surface area contributed by atoms with E-state index in [0.717, 1.165) is 5.56 Å². The van der Waals surface area contributed by atoms with Gasteiger partial charge in [-0.15, -0.1) is 0 Å². The summed E-state index contributed by atoms with van der Waals surface area (Å²) in [5, 5.41) is 6.76. The molecule has 100 valence electrons. The third-order valence-electron chi connectivity index (χ3n) is 2.59. The lowest BCUT2D eigenvalue weighted by Gasteiger charge is -2.07. The SMILES string of the molecule is Cc1cnn(CCNC(=O)c2cccc(Br)c2F)c1. The Hall–Kier alpha value is -1.69. The van der Waals surface area contributed by atoms with Gasteiger partial charge in [-0.05, 0) is 40.5 Å². The summed E-state index contributed by atoms with van der Waals surface area (Å²) in [6.07, 6.45) is 3.63. The second-order valence-corrected chi connectivity index (χ2v) is 4.99. The van der Waals surface area contributed by atoms with Crippen molar-refractivity contribution in [2.45, 2.75) is 13.5 Å². The van der Waals surface area contributed by atoms with Crippen LogP contribution in [-0.4, -0.2) is 22.2 Å². The first kappa shape index (κ1) is 13.7. The lowest BCUT2D eigenvalue weighted by molar-refractivity contribution is 0.0947. The van der Waals surface area contributed by atoms with Gasteiger partial charge in [-0.3, -0.25) is 9.48 Å². The Balaban J connectivity index is 1.93. The molecule has 19 heavy (non-hydrogen) atoms. The first-order chi connectivity index (χ1) is 9.08. The van der Waals surface area contributed by atoms with Crippen LogP contribution in [0.4, 0.5) is 4.39 Å². The molecular formula is C13H13BrFN3O. The standard InChI is InChI=1S/C13H13BrFN3O/c1-9-7-17-18(8-9)6-5-16-13(19)10-3-2-4-11(14)12(10)15/h2-4,7-8H,5-6H2,1H3,(H,16,19). The average Bonchev–Trinajstić information content (AvgIpc) is 2.78. The zero-order valence-electron chi connectivity index (χ0n) is 10.4. The average molecular weight is 326 g/mol. The third kappa shape index (κ3) is 3.41. The molecule has 0 unspecified atom stereocenters. The van der Waals surface area contributed by atoms with Gasteiger partial charge in [0, 0.05) is 12.7 Å². The fraction of sp³-hybridized carbons (Fsp3) is 0.231. The summed E-state index contributed by atoms with van der Waals surface area (Å²) >= 11 is 3.05. The van der Waals surface area contributed by atoms with Gasteiger partial charge in [0.1, 0.15) is 5.82 Å². The van der Waals surface area contributed by atoms with E-state index >= 15 is 0 Å². The van der Waals surface area contributed by atoms with Crippen LogP contribution in [0, 0.1) is 12.7 Å². The van der Waals surface area contributed by atoms with Gasteiger partial charge < -0.3 is 5.32 Å². The molecule has 2 rings (SSSR count). The van der Waals surface area contributed by atoms with Crippen LogP contribution in [0.1, 0.15) is 15.9 Å². The van der Waals surface area contributed by atoms with Gasteiger partial charge in [-0.25, -0.2) is 4.39 Å². The van der Waals surface area contributed by atoms with Gasteiger partial charge in [-0.2, -0.15) is 5.10 Å². The topological polar surface area (TPSA) is 46.9 Å². The number of rotatable bonds is 4. The maximum Gasteiger partial charge on any atom is 0.254 e. The van der Waals surface area contributed by atoms with Gasteiger partial charge in [0.05, 0.1) is 22.8 Å². The minimum absolute atomic E-state index is 0.0334. The molecule has 0 spiro atoms. The number of hydrogen-bond donors (Lipinski definition) is 1. The number of nitrogens with zero attached hydrogens (tertiary/aromatic N) is 2. The number of carbonyl (C=O) groups is 1. The Kier molecular flexibility index (Phi) is 4.31. The lowest BCUT2D eigenvalue weighted by Crippen LogP contribution is -2.28. The van der Waals surface area contributed by atoms with E-state index in [4.69, 9.17) is 0 Å². The van der Waals surface area contributed by atoms with E-state index in [1.54, 1.807) is 23.0 Å². The number of carbonyl (C=O) groups excluding carboxylic acids is 1. The zero-order chi connectivity index (χ0) is 13.8. The first-order valence-electron chi connectivity index (χ1n) is 5.79. The maximum absolute atomic E-state index is 13.7. The molecule has 1 aromatic heterocycles. The second-order valence-electron chi connectivity index (χ2n) is 4.14. The summed E-state index contributed by atoms with van der Waals surface area (Å²) in [6, 6.07) is 4.63. The Morgan fingerprint density at radius 1 is 1.53 bits per heavy atom. The summed E-state index contributed by atoms with van der Waals surface area (Å²) in [5.41, 5.74) is 1.09. The van der Waals surface area contributed by atoms with Gasteiger partial charge >= 0.3 is 0 Å². The van der Waals surface area contributed by atoms with Crippen LogP contribution in [0.25, 0.3) is 0 Å². The molecular weight excluding hydrogens is 313 g/mol. The highest BCUT2D eigenvalue weighted by atomic mass is 79.9. The second kappa shape index (κ2) is 5.97. The molecule has 1 heterocycles. The van der Waals surface area contributed by atoms with Crippen molar-refractivity contribution in [2.24, 2.45) is 0 Å². The van der Waals surface area contributed by atoms with Crippen molar-refractivity contribution >= 4 is 21.8 Å². The fourth-order valence-corrected chi connectivity index (χ4v) is 2.01. The predicted molar refractivity (Wildman–Crippen MR) is 73.4 cm³/mol. The van der Waals surface area contributed by atoms with Crippen molar-refractivity contribution in [2.75, 3.05) is 6.54 Å². The van der Waals surface area contributed by atoms with E-state index in [0.29, 0.717) is 13.1 Å². The Labute approximate surface area is 118 Å². The number of hydrogen-bond acceptors (Lipinski definition) is 2. The summed E-state index contributed by atoms with van der Waals surface area (Å²) in [7, 11) is 0. The summed E-state index contributed by atoms with van der Waals surface area (Å²) in [4.78, 5) is 11.8. The van der Waals surface area contributed by atoms with Gasteiger partial charge in [0.2, 0.25) is 0 Å². The highest BCUT2D eigenvalue weighted by molar-refractivity contribution is 9.10.